The third kappa shape index (κ3) is 2.97. The van der Waals surface area contributed by atoms with Crippen molar-refractivity contribution in [3.05, 3.63) is 29.8 Å². The van der Waals surface area contributed by atoms with Gasteiger partial charge in [-0.15, -0.1) is 0 Å². The second-order valence-electron chi connectivity index (χ2n) is 4.56. The summed E-state index contributed by atoms with van der Waals surface area (Å²) in [6, 6.07) is 7.79. The summed E-state index contributed by atoms with van der Waals surface area (Å²) in [4.78, 5) is 14.1. The number of carbonyl (C=O) groups excluding carboxylic acids is 1. The quantitative estimate of drug-likeness (QED) is 0.737. The van der Waals surface area contributed by atoms with E-state index >= 15 is 0 Å². The number of hydrogen-bond acceptors (Lipinski definition) is 3. The second kappa shape index (κ2) is 5.19. The predicted molar refractivity (Wildman–Crippen MR) is 68.6 cm³/mol. The van der Waals surface area contributed by atoms with E-state index in [1.165, 1.54) is 0 Å². The molecule has 17 heavy (non-hydrogen) atoms. The molecule has 0 bridgehead atoms. The van der Waals surface area contributed by atoms with Gasteiger partial charge in [-0.2, -0.15) is 0 Å². The lowest BCUT2D eigenvalue weighted by atomic mass is 10.1. The molecule has 1 aliphatic heterocycles. The van der Waals surface area contributed by atoms with E-state index in [-0.39, 0.29) is 11.9 Å². The number of amides is 1. The van der Waals surface area contributed by atoms with Gasteiger partial charge >= 0.3 is 0 Å². The van der Waals surface area contributed by atoms with Crippen LogP contribution in [-0.4, -0.2) is 36.5 Å². The van der Waals surface area contributed by atoms with Crippen LogP contribution >= 0.6 is 0 Å². The van der Waals surface area contributed by atoms with Gasteiger partial charge in [0.2, 0.25) is 5.91 Å². The number of benzene rings is 1. The Morgan fingerprint density at radius 1 is 1.47 bits per heavy atom. The van der Waals surface area contributed by atoms with Gasteiger partial charge in [0, 0.05) is 31.4 Å². The minimum Gasteiger partial charge on any atom is -0.399 e. The first-order valence-corrected chi connectivity index (χ1v) is 6.01. The number of hydrogen-bond donors (Lipinski definition) is 2. The molecule has 0 saturated carbocycles. The van der Waals surface area contributed by atoms with Gasteiger partial charge < -0.3 is 16.0 Å². The molecule has 1 heterocycles. The molecule has 1 aromatic rings. The summed E-state index contributed by atoms with van der Waals surface area (Å²) in [5.74, 6) is 0.198. The maximum absolute atomic E-state index is 12.1. The minimum absolute atomic E-state index is 0.198. The Balaban J connectivity index is 1.98. The van der Waals surface area contributed by atoms with Crippen LogP contribution in [0, 0.1) is 0 Å². The van der Waals surface area contributed by atoms with Gasteiger partial charge in [0.25, 0.3) is 0 Å². The number of anilines is 1. The van der Waals surface area contributed by atoms with E-state index < -0.39 is 0 Å². The standard InChI is InChI=1S/C13H19N3O/c1-10-9-15-6-7-16(10)13(17)8-11-2-4-12(14)5-3-11/h2-5,10,15H,6-9,14H2,1H3. The zero-order chi connectivity index (χ0) is 12.3. The van der Waals surface area contributed by atoms with E-state index in [0.717, 1.165) is 30.9 Å². The molecule has 0 radical (unpaired) electrons. The first-order valence-electron chi connectivity index (χ1n) is 6.01. The Bertz CT molecular complexity index is 388. The van der Waals surface area contributed by atoms with Crippen LogP contribution in [0.25, 0.3) is 0 Å². The molecule has 1 aliphatic rings. The van der Waals surface area contributed by atoms with Gasteiger partial charge in [-0.05, 0) is 24.6 Å². The summed E-state index contributed by atoms with van der Waals surface area (Å²) in [6.07, 6.45) is 0.463. The Labute approximate surface area is 102 Å². The molecule has 2 rings (SSSR count). The lowest BCUT2D eigenvalue weighted by Crippen LogP contribution is -2.52. The molecular formula is C13H19N3O. The van der Waals surface area contributed by atoms with Crippen molar-refractivity contribution in [3.8, 4) is 0 Å². The van der Waals surface area contributed by atoms with E-state index in [2.05, 4.69) is 12.2 Å². The molecule has 4 heteroatoms. The molecule has 1 aromatic carbocycles. The summed E-state index contributed by atoms with van der Waals surface area (Å²) in [5.41, 5.74) is 7.37. The van der Waals surface area contributed by atoms with Crippen LogP contribution in [0.15, 0.2) is 24.3 Å². The minimum atomic E-state index is 0.198. The topological polar surface area (TPSA) is 58.4 Å². The van der Waals surface area contributed by atoms with Crippen LogP contribution in [0.2, 0.25) is 0 Å². The molecule has 0 spiro atoms. The Hall–Kier alpha value is -1.55. The summed E-state index contributed by atoms with van der Waals surface area (Å²) >= 11 is 0. The third-order valence-electron chi connectivity index (χ3n) is 3.16. The zero-order valence-electron chi connectivity index (χ0n) is 10.1. The Kier molecular flexibility index (Phi) is 3.64. The van der Waals surface area contributed by atoms with Crippen molar-refractivity contribution in [1.82, 2.24) is 10.2 Å². The fourth-order valence-corrected chi connectivity index (χ4v) is 2.12. The maximum Gasteiger partial charge on any atom is 0.227 e. The summed E-state index contributed by atoms with van der Waals surface area (Å²) in [5, 5.41) is 3.28. The van der Waals surface area contributed by atoms with Crippen LogP contribution in [-0.2, 0) is 11.2 Å². The first-order chi connectivity index (χ1) is 8.16. The fourth-order valence-electron chi connectivity index (χ4n) is 2.12. The highest BCUT2D eigenvalue weighted by Gasteiger charge is 2.22. The van der Waals surface area contributed by atoms with Crippen molar-refractivity contribution < 1.29 is 4.79 Å². The monoisotopic (exact) mass is 233 g/mol. The highest BCUT2D eigenvalue weighted by molar-refractivity contribution is 5.79. The number of nitrogens with one attached hydrogen (secondary N) is 1. The number of piperazine rings is 1. The number of nitrogens with zero attached hydrogens (tertiary/aromatic N) is 1. The van der Waals surface area contributed by atoms with E-state index in [0.29, 0.717) is 6.42 Å². The molecular weight excluding hydrogens is 214 g/mol. The lowest BCUT2D eigenvalue weighted by Gasteiger charge is -2.34. The average molecular weight is 233 g/mol. The third-order valence-corrected chi connectivity index (χ3v) is 3.16. The van der Waals surface area contributed by atoms with Crippen molar-refractivity contribution >= 4 is 11.6 Å². The second-order valence-corrected chi connectivity index (χ2v) is 4.56. The predicted octanol–water partition coefficient (Wildman–Crippen LogP) is 0.632. The van der Waals surface area contributed by atoms with E-state index in [4.69, 9.17) is 5.73 Å². The molecule has 1 amide bonds. The van der Waals surface area contributed by atoms with Crippen LogP contribution < -0.4 is 11.1 Å². The van der Waals surface area contributed by atoms with E-state index in [1.54, 1.807) is 0 Å². The average Bonchev–Trinajstić information content (AvgIpc) is 2.32. The molecule has 3 N–H and O–H groups in total. The van der Waals surface area contributed by atoms with Crippen LogP contribution in [0.1, 0.15) is 12.5 Å². The molecule has 1 saturated heterocycles. The molecule has 1 fully saturated rings. The molecule has 0 aliphatic carbocycles. The number of nitrogens with two attached hydrogens (primary N) is 1. The highest BCUT2D eigenvalue weighted by Crippen LogP contribution is 2.10. The van der Waals surface area contributed by atoms with E-state index in [1.807, 2.05) is 29.2 Å². The zero-order valence-corrected chi connectivity index (χ0v) is 10.1. The Morgan fingerprint density at radius 2 is 2.18 bits per heavy atom. The first kappa shape index (κ1) is 11.9. The highest BCUT2D eigenvalue weighted by atomic mass is 16.2. The van der Waals surface area contributed by atoms with Crippen molar-refractivity contribution in [2.24, 2.45) is 0 Å². The largest absolute Gasteiger partial charge is 0.399 e. The fraction of sp³-hybridized carbons (Fsp3) is 0.462. The van der Waals surface area contributed by atoms with Crippen LogP contribution in [0.3, 0.4) is 0 Å². The van der Waals surface area contributed by atoms with Gasteiger partial charge in [0.1, 0.15) is 0 Å². The van der Waals surface area contributed by atoms with Crippen molar-refractivity contribution in [2.75, 3.05) is 25.4 Å². The van der Waals surface area contributed by atoms with Crippen LogP contribution in [0.5, 0.6) is 0 Å². The molecule has 92 valence electrons. The molecule has 1 atom stereocenters. The smallest absolute Gasteiger partial charge is 0.227 e. The SMILES string of the molecule is CC1CNCCN1C(=O)Cc1ccc(N)cc1. The van der Waals surface area contributed by atoms with Gasteiger partial charge in [-0.3, -0.25) is 4.79 Å². The van der Waals surface area contributed by atoms with Gasteiger partial charge in [-0.1, -0.05) is 12.1 Å². The van der Waals surface area contributed by atoms with Crippen molar-refractivity contribution in [3.63, 3.8) is 0 Å². The maximum atomic E-state index is 12.1. The van der Waals surface area contributed by atoms with Crippen molar-refractivity contribution in [1.29, 1.82) is 0 Å². The normalized spacial score (nSPS) is 20.3. The number of rotatable bonds is 2. The number of nitrogen functional groups attached to an aromatic ring is 1. The summed E-state index contributed by atoms with van der Waals surface area (Å²) in [7, 11) is 0. The Morgan fingerprint density at radius 3 is 2.82 bits per heavy atom. The lowest BCUT2D eigenvalue weighted by molar-refractivity contribution is -0.133. The van der Waals surface area contributed by atoms with Gasteiger partial charge in [-0.25, -0.2) is 0 Å². The summed E-state index contributed by atoms with van der Waals surface area (Å²) in [6.45, 7) is 4.65. The van der Waals surface area contributed by atoms with Crippen LogP contribution in [0.4, 0.5) is 5.69 Å². The number of carbonyl (C=O) groups is 1. The van der Waals surface area contributed by atoms with Gasteiger partial charge in [0.05, 0.1) is 6.42 Å². The van der Waals surface area contributed by atoms with Crippen molar-refractivity contribution in [2.45, 2.75) is 19.4 Å². The molecule has 0 aromatic heterocycles. The summed E-state index contributed by atoms with van der Waals surface area (Å²) < 4.78 is 0. The molecule has 1 unspecified atom stereocenters. The van der Waals surface area contributed by atoms with E-state index in [9.17, 15) is 4.79 Å². The van der Waals surface area contributed by atoms with Gasteiger partial charge in [0.15, 0.2) is 0 Å². The molecule has 4 nitrogen and oxygen atoms in total.